The summed E-state index contributed by atoms with van der Waals surface area (Å²) in [4.78, 5) is 50.3. The van der Waals surface area contributed by atoms with Gasteiger partial charge in [-0.15, -0.1) is 0 Å². The summed E-state index contributed by atoms with van der Waals surface area (Å²) < 4.78 is 15.1. The van der Waals surface area contributed by atoms with Gasteiger partial charge in [-0.25, -0.2) is 0 Å². The first kappa shape index (κ1) is 25.5. The van der Waals surface area contributed by atoms with Crippen molar-refractivity contribution in [1.29, 1.82) is 0 Å². The first-order chi connectivity index (χ1) is 15.0. The third-order valence-corrected chi connectivity index (χ3v) is 5.01. The number of rotatable bonds is 12. The fraction of sp³-hybridized carbons (Fsp3) is 0.667. The highest BCUT2D eigenvalue weighted by Gasteiger charge is 2.50. The number of Topliss-reactive ketones (excluding diaryl/α,β-unsaturated/α-hetero) is 1. The summed E-state index contributed by atoms with van der Waals surface area (Å²) >= 11 is 0. The standard InChI is InChI=1S/C21H32N4O7/c1-11(2)7-14(17(26)21(5)10-31-21)23-18(27)13(4)22-20(29)16(9-30-6)24-19(28)15-8-12(3)32-25-15/h8,11,13-14,16H,7,9-10H2,1-6H3,(H,22,29)(H,23,27)(H,24,28)/t13-,14-,16-,21?/m0/s1. The van der Waals surface area contributed by atoms with E-state index in [1.165, 1.54) is 20.1 Å². The minimum absolute atomic E-state index is 0.0213. The zero-order valence-electron chi connectivity index (χ0n) is 19.3. The van der Waals surface area contributed by atoms with E-state index < -0.39 is 41.4 Å². The number of amides is 3. The van der Waals surface area contributed by atoms with Crippen LogP contribution in [0.1, 0.15) is 50.4 Å². The number of hydrogen-bond donors (Lipinski definition) is 3. The van der Waals surface area contributed by atoms with E-state index in [-0.39, 0.29) is 24.0 Å². The molecule has 11 nitrogen and oxygen atoms in total. The van der Waals surface area contributed by atoms with Gasteiger partial charge in [0, 0.05) is 13.2 Å². The zero-order valence-corrected chi connectivity index (χ0v) is 19.3. The molecule has 2 heterocycles. The van der Waals surface area contributed by atoms with Crippen molar-refractivity contribution in [1.82, 2.24) is 21.1 Å². The third-order valence-electron chi connectivity index (χ3n) is 5.01. The number of carbonyl (C=O) groups excluding carboxylic acids is 4. The molecule has 0 spiro atoms. The highest BCUT2D eigenvalue weighted by molar-refractivity contribution is 5.99. The first-order valence-electron chi connectivity index (χ1n) is 10.5. The molecule has 1 fully saturated rings. The molecule has 3 amide bonds. The third kappa shape index (κ3) is 6.86. The van der Waals surface area contributed by atoms with Crippen LogP contribution in [0.4, 0.5) is 0 Å². The van der Waals surface area contributed by atoms with Gasteiger partial charge >= 0.3 is 0 Å². The number of ether oxygens (including phenoxy) is 2. The molecule has 32 heavy (non-hydrogen) atoms. The van der Waals surface area contributed by atoms with Gasteiger partial charge in [0.2, 0.25) is 11.8 Å². The van der Waals surface area contributed by atoms with Crippen LogP contribution in [-0.4, -0.2) is 72.7 Å². The second-order valence-corrected chi connectivity index (χ2v) is 8.61. The van der Waals surface area contributed by atoms with Crippen molar-refractivity contribution in [3.05, 3.63) is 17.5 Å². The minimum Gasteiger partial charge on any atom is -0.382 e. The van der Waals surface area contributed by atoms with Crippen LogP contribution in [0.25, 0.3) is 0 Å². The summed E-state index contributed by atoms with van der Waals surface area (Å²) in [6, 6.07) is -1.31. The van der Waals surface area contributed by atoms with E-state index in [9.17, 15) is 19.2 Å². The van der Waals surface area contributed by atoms with Gasteiger partial charge in [0.1, 0.15) is 23.4 Å². The smallest absolute Gasteiger partial charge is 0.274 e. The fourth-order valence-electron chi connectivity index (χ4n) is 3.05. The largest absolute Gasteiger partial charge is 0.382 e. The number of aryl methyl sites for hydroxylation is 1. The quantitative estimate of drug-likeness (QED) is 0.378. The summed E-state index contributed by atoms with van der Waals surface area (Å²) in [7, 11) is 1.38. The molecule has 3 N–H and O–H groups in total. The predicted molar refractivity (Wildman–Crippen MR) is 113 cm³/mol. The van der Waals surface area contributed by atoms with Gasteiger partial charge in [-0.3, -0.25) is 19.2 Å². The number of carbonyl (C=O) groups is 4. The molecule has 0 radical (unpaired) electrons. The molecule has 1 unspecified atom stereocenters. The molecule has 4 atom stereocenters. The Morgan fingerprint density at radius 2 is 1.78 bits per heavy atom. The first-order valence-corrected chi connectivity index (χ1v) is 10.5. The Hall–Kier alpha value is -2.79. The van der Waals surface area contributed by atoms with Crippen molar-refractivity contribution >= 4 is 23.5 Å². The number of aromatic nitrogens is 1. The monoisotopic (exact) mass is 452 g/mol. The van der Waals surface area contributed by atoms with Crippen LogP contribution in [0.15, 0.2) is 10.6 Å². The lowest BCUT2D eigenvalue weighted by Crippen LogP contribution is -2.56. The van der Waals surface area contributed by atoms with Gasteiger partial charge in [-0.1, -0.05) is 19.0 Å². The summed E-state index contributed by atoms with van der Waals surface area (Å²) in [6.45, 7) is 8.92. The van der Waals surface area contributed by atoms with Crippen molar-refractivity contribution in [3.63, 3.8) is 0 Å². The number of ketones is 1. The topological polar surface area (TPSA) is 152 Å². The summed E-state index contributed by atoms with van der Waals surface area (Å²) in [5.74, 6) is -1.33. The Balaban J connectivity index is 1.98. The summed E-state index contributed by atoms with van der Waals surface area (Å²) in [6.07, 6.45) is 0.448. The van der Waals surface area contributed by atoms with Crippen molar-refractivity contribution in [3.8, 4) is 0 Å². The van der Waals surface area contributed by atoms with E-state index in [4.69, 9.17) is 14.0 Å². The van der Waals surface area contributed by atoms with Gasteiger partial charge in [0.25, 0.3) is 5.91 Å². The van der Waals surface area contributed by atoms with Crippen LogP contribution >= 0.6 is 0 Å². The average Bonchev–Trinajstić information content (AvgIpc) is 3.32. The molecule has 1 aliphatic rings. The maximum absolute atomic E-state index is 12.7. The highest BCUT2D eigenvalue weighted by atomic mass is 16.6. The second kappa shape index (κ2) is 10.7. The number of nitrogens with one attached hydrogen (secondary N) is 3. The average molecular weight is 453 g/mol. The summed E-state index contributed by atoms with van der Waals surface area (Å²) in [5, 5.41) is 11.4. The lowest BCUT2D eigenvalue weighted by atomic mass is 9.93. The maximum Gasteiger partial charge on any atom is 0.274 e. The Labute approximate surface area is 186 Å². The molecule has 1 aliphatic heterocycles. The predicted octanol–water partition coefficient (Wildman–Crippen LogP) is 0.121. The Kier molecular flexibility index (Phi) is 8.51. The number of hydrogen-bond acceptors (Lipinski definition) is 8. The van der Waals surface area contributed by atoms with Crippen molar-refractivity contribution in [2.45, 2.75) is 64.8 Å². The van der Waals surface area contributed by atoms with Gasteiger partial charge in [0.15, 0.2) is 11.5 Å². The SMILES string of the molecule is COC[C@H](NC(=O)c1cc(C)on1)C(=O)N[C@@H](C)C(=O)N[C@@H](CC(C)C)C(=O)C1(C)CO1. The van der Waals surface area contributed by atoms with Crippen LogP contribution in [0.2, 0.25) is 0 Å². The van der Waals surface area contributed by atoms with E-state index in [1.807, 2.05) is 13.8 Å². The van der Waals surface area contributed by atoms with Crippen LogP contribution < -0.4 is 16.0 Å². The molecule has 0 aromatic carbocycles. The maximum atomic E-state index is 12.7. The Morgan fingerprint density at radius 3 is 2.28 bits per heavy atom. The van der Waals surface area contributed by atoms with Gasteiger partial charge in [0.05, 0.1) is 19.3 Å². The summed E-state index contributed by atoms with van der Waals surface area (Å²) in [5.41, 5.74) is -0.847. The highest BCUT2D eigenvalue weighted by Crippen LogP contribution is 2.29. The molecule has 178 valence electrons. The molecule has 1 saturated heterocycles. The normalized spacial score (nSPS) is 20.2. The fourth-order valence-corrected chi connectivity index (χ4v) is 3.05. The molecular formula is C21H32N4O7. The van der Waals surface area contributed by atoms with Crippen LogP contribution in [-0.2, 0) is 23.9 Å². The lowest BCUT2D eigenvalue weighted by Gasteiger charge is -2.24. The number of methoxy groups -OCH3 is 1. The molecule has 1 aromatic heterocycles. The minimum atomic E-state index is -1.06. The van der Waals surface area contributed by atoms with Crippen LogP contribution in [0.3, 0.4) is 0 Å². The molecule has 2 rings (SSSR count). The van der Waals surface area contributed by atoms with E-state index >= 15 is 0 Å². The van der Waals surface area contributed by atoms with Crippen molar-refractivity contribution < 1.29 is 33.2 Å². The van der Waals surface area contributed by atoms with E-state index in [2.05, 4.69) is 21.1 Å². The second-order valence-electron chi connectivity index (χ2n) is 8.61. The Bertz CT molecular complexity index is 847. The molecule has 0 bridgehead atoms. The van der Waals surface area contributed by atoms with Gasteiger partial charge < -0.3 is 29.9 Å². The van der Waals surface area contributed by atoms with Crippen LogP contribution in [0.5, 0.6) is 0 Å². The molecule has 11 heteroatoms. The van der Waals surface area contributed by atoms with Gasteiger partial charge in [-0.05, 0) is 33.1 Å². The lowest BCUT2D eigenvalue weighted by molar-refractivity contribution is -0.133. The van der Waals surface area contributed by atoms with Gasteiger partial charge in [-0.2, -0.15) is 0 Å². The zero-order chi connectivity index (χ0) is 24.1. The Morgan fingerprint density at radius 1 is 1.12 bits per heavy atom. The van der Waals surface area contributed by atoms with E-state index in [0.29, 0.717) is 18.8 Å². The van der Waals surface area contributed by atoms with Crippen LogP contribution in [0, 0.1) is 12.8 Å². The van der Waals surface area contributed by atoms with Crippen molar-refractivity contribution in [2.24, 2.45) is 5.92 Å². The van der Waals surface area contributed by atoms with Crippen molar-refractivity contribution in [2.75, 3.05) is 20.3 Å². The number of epoxide rings is 1. The molecule has 0 aliphatic carbocycles. The number of nitrogens with zero attached hydrogens (tertiary/aromatic N) is 1. The van der Waals surface area contributed by atoms with E-state index in [0.717, 1.165) is 0 Å². The molecule has 0 saturated carbocycles. The molecule has 1 aromatic rings. The van der Waals surface area contributed by atoms with E-state index in [1.54, 1.807) is 13.8 Å². The molecular weight excluding hydrogens is 420 g/mol.